The number of nitrogens with one attached hydrogen (secondary N) is 1. The summed E-state index contributed by atoms with van der Waals surface area (Å²) in [5.41, 5.74) is 2.08. The van der Waals surface area contributed by atoms with Crippen LogP contribution in [-0.4, -0.2) is 54.3 Å². The Labute approximate surface area is 249 Å². The van der Waals surface area contributed by atoms with Crippen molar-refractivity contribution < 1.29 is 32.3 Å². The maximum Gasteiger partial charge on any atom is 0.274 e. The Hall–Kier alpha value is -4.81. The number of benzene rings is 2. The number of anilines is 1. The lowest BCUT2D eigenvalue weighted by atomic mass is 9.88. The van der Waals surface area contributed by atoms with Crippen LogP contribution >= 0.6 is 0 Å². The summed E-state index contributed by atoms with van der Waals surface area (Å²) in [4.78, 5) is 48.6. The molecule has 10 nitrogen and oxygen atoms in total. The van der Waals surface area contributed by atoms with Gasteiger partial charge in [0.05, 0.1) is 23.2 Å². The maximum absolute atomic E-state index is 13.0. The molecule has 2 aromatic carbocycles. The number of nitrogens with zero attached hydrogens (tertiary/aromatic N) is 3. The molecule has 3 heterocycles. The minimum absolute atomic E-state index is 0.00829. The van der Waals surface area contributed by atoms with Crippen LogP contribution in [0.5, 0.6) is 11.6 Å². The van der Waals surface area contributed by atoms with Gasteiger partial charge in [-0.15, -0.1) is 0 Å². The monoisotopic (exact) mass is 602 g/mol. The molecule has 0 spiro atoms. The van der Waals surface area contributed by atoms with Crippen LogP contribution in [0.4, 0.5) is 10.1 Å². The van der Waals surface area contributed by atoms with Crippen molar-refractivity contribution in [2.75, 3.05) is 18.4 Å². The quantitative estimate of drug-likeness (QED) is 0.199. The van der Waals surface area contributed by atoms with Gasteiger partial charge in [-0.2, -0.15) is 0 Å². The summed E-state index contributed by atoms with van der Waals surface area (Å²) in [6.45, 7) is 0.819. The van der Waals surface area contributed by atoms with E-state index in [1.807, 2.05) is 0 Å². The first-order chi connectivity index (χ1) is 20.7. The Morgan fingerprint density at radius 2 is 1.60 bits per heavy atom. The van der Waals surface area contributed by atoms with E-state index >= 15 is 0 Å². The molecule has 43 heavy (non-hydrogen) atoms. The Morgan fingerprint density at radius 1 is 0.907 bits per heavy atom. The molecule has 1 saturated heterocycles. The molecule has 1 atom stereocenters. The van der Waals surface area contributed by atoms with Crippen molar-refractivity contribution in [3.05, 3.63) is 113 Å². The summed E-state index contributed by atoms with van der Waals surface area (Å²) in [6.07, 6.45) is 3.80. The van der Waals surface area contributed by atoms with Crippen molar-refractivity contribution in [3.8, 4) is 11.6 Å². The van der Waals surface area contributed by atoms with Crippen molar-refractivity contribution in [1.82, 2.24) is 14.9 Å². The van der Waals surface area contributed by atoms with Crippen molar-refractivity contribution in [3.63, 3.8) is 0 Å². The number of hydrogen-bond acceptors (Lipinski definition) is 7. The normalized spacial score (nSPS) is 14.1. The number of amides is 2. The Morgan fingerprint density at radius 3 is 2.21 bits per heavy atom. The molecule has 2 aromatic heterocycles. The van der Waals surface area contributed by atoms with Gasteiger partial charge in [-0.25, -0.2) is 13.6 Å². The molecule has 2 amide bonds. The third-order valence-corrected chi connectivity index (χ3v) is 7.54. The lowest BCUT2D eigenvalue weighted by molar-refractivity contribution is 0.0650. The summed E-state index contributed by atoms with van der Waals surface area (Å²) in [6, 6.07) is 18.4. The van der Waals surface area contributed by atoms with Crippen LogP contribution in [0.2, 0.25) is 0 Å². The van der Waals surface area contributed by atoms with Gasteiger partial charge in [0.2, 0.25) is 5.88 Å². The van der Waals surface area contributed by atoms with E-state index in [1.54, 1.807) is 47.4 Å². The predicted molar refractivity (Wildman–Crippen MR) is 157 cm³/mol. The second-order valence-corrected chi connectivity index (χ2v) is 10.9. The first kappa shape index (κ1) is 29.7. The molecule has 1 unspecified atom stereocenters. The van der Waals surface area contributed by atoms with Crippen LogP contribution in [0.1, 0.15) is 49.6 Å². The second-order valence-electron chi connectivity index (χ2n) is 9.92. The SMILES string of the molecule is O=C(Nc1ccc(Oc2ccc(F)cc2)nc1)c1ccc(C(=O)N2CCC(C(=O)c3ccc(CS(=O)O)cc3)CC2)cn1. The topological polar surface area (TPSA) is 139 Å². The van der Waals surface area contributed by atoms with Gasteiger partial charge in [-0.3, -0.25) is 19.4 Å². The average molecular weight is 603 g/mol. The standard InChI is InChI=1S/C31H27FN4O6S/c32-24-6-9-26(10-7-24)42-28-12-8-25(18-34-28)35-30(38)27-11-5-23(17-33-27)31(39)36-15-13-22(14-16-36)29(37)21-3-1-20(2-4-21)19-43(40)41/h1-12,17-18,22H,13-16,19H2,(H,35,38)(H,40,41). The van der Waals surface area contributed by atoms with E-state index in [0.717, 1.165) is 0 Å². The largest absolute Gasteiger partial charge is 0.439 e. The number of piperidine rings is 1. The van der Waals surface area contributed by atoms with Gasteiger partial charge in [0.1, 0.15) is 17.3 Å². The summed E-state index contributed by atoms with van der Waals surface area (Å²) in [5.74, 6) is -0.610. The van der Waals surface area contributed by atoms with Gasteiger partial charge >= 0.3 is 0 Å². The highest BCUT2D eigenvalue weighted by Gasteiger charge is 2.28. The number of ketones is 1. The van der Waals surface area contributed by atoms with Gasteiger partial charge in [-0.1, -0.05) is 24.3 Å². The second kappa shape index (κ2) is 13.4. The number of carbonyl (C=O) groups excluding carboxylic acids is 3. The van der Waals surface area contributed by atoms with Crippen LogP contribution in [0.3, 0.4) is 0 Å². The fraction of sp³-hybridized carbons (Fsp3) is 0.194. The Balaban J connectivity index is 1.11. The Bertz CT molecular complexity index is 1620. The highest BCUT2D eigenvalue weighted by Crippen LogP contribution is 2.24. The van der Waals surface area contributed by atoms with Crippen molar-refractivity contribution >= 4 is 34.4 Å². The highest BCUT2D eigenvalue weighted by atomic mass is 32.2. The third kappa shape index (κ3) is 7.73. The minimum atomic E-state index is -1.94. The van der Waals surface area contributed by atoms with E-state index in [-0.39, 0.29) is 40.8 Å². The lowest BCUT2D eigenvalue weighted by Crippen LogP contribution is -2.40. The van der Waals surface area contributed by atoms with E-state index in [0.29, 0.717) is 54.1 Å². The number of ether oxygens (including phenoxy) is 1. The fourth-order valence-corrected chi connectivity index (χ4v) is 5.14. The molecule has 220 valence electrons. The zero-order valence-corrected chi connectivity index (χ0v) is 23.6. The molecule has 5 rings (SSSR count). The molecule has 0 bridgehead atoms. The first-order valence-corrected chi connectivity index (χ1v) is 14.7. The summed E-state index contributed by atoms with van der Waals surface area (Å²) >= 11 is -1.94. The minimum Gasteiger partial charge on any atom is -0.439 e. The summed E-state index contributed by atoms with van der Waals surface area (Å²) in [7, 11) is 0. The van der Waals surface area contributed by atoms with E-state index < -0.39 is 17.0 Å². The summed E-state index contributed by atoms with van der Waals surface area (Å²) < 4.78 is 38.6. The van der Waals surface area contributed by atoms with Crippen LogP contribution in [0.15, 0.2) is 85.2 Å². The zero-order valence-electron chi connectivity index (χ0n) is 22.8. The van der Waals surface area contributed by atoms with Crippen LogP contribution in [-0.2, 0) is 16.8 Å². The van der Waals surface area contributed by atoms with Crippen molar-refractivity contribution in [1.29, 1.82) is 0 Å². The smallest absolute Gasteiger partial charge is 0.274 e. The Kier molecular flexibility index (Phi) is 9.28. The van der Waals surface area contributed by atoms with Crippen LogP contribution in [0, 0.1) is 11.7 Å². The molecule has 1 fully saturated rings. The number of rotatable bonds is 9. The van der Waals surface area contributed by atoms with Gasteiger partial charge in [-0.05, 0) is 60.9 Å². The predicted octanol–water partition coefficient (Wildman–Crippen LogP) is 5.12. The number of likely N-dealkylation sites (tertiary alicyclic amines) is 1. The van der Waals surface area contributed by atoms with Crippen LogP contribution < -0.4 is 10.1 Å². The maximum atomic E-state index is 13.0. The molecular formula is C31H27FN4O6S. The van der Waals surface area contributed by atoms with Gasteiger partial charge in [0.15, 0.2) is 16.9 Å². The van der Waals surface area contributed by atoms with Gasteiger partial charge in [0, 0.05) is 36.8 Å². The first-order valence-electron chi connectivity index (χ1n) is 13.4. The van der Waals surface area contributed by atoms with E-state index in [1.165, 1.54) is 42.7 Å². The fourth-order valence-electron chi connectivity index (χ4n) is 4.66. The molecule has 4 aromatic rings. The zero-order chi connectivity index (χ0) is 30.3. The number of Topliss-reactive ketones (excluding diaryl/α,β-unsaturated/α-hetero) is 1. The highest BCUT2D eigenvalue weighted by molar-refractivity contribution is 7.78. The van der Waals surface area contributed by atoms with Crippen molar-refractivity contribution in [2.45, 2.75) is 18.6 Å². The van der Waals surface area contributed by atoms with Crippen LogP contribution in [0.25, 0.3) is 0 Å². The summed E-state index contributed by atoms with van der Waals surface area (Å²) in [5, 5.41) is 2.69. The molecule has 12 heteroatoms. The average Bonchev–Trinajstić information content (AvgIpc) is 3.02. The van der Waals surface area contributed by atoms with Gasteiger partial charge < -0.3 is 19.5 Å². The molecule has 0 radical (unpaired) electrons. The molecule has 0 saturated carbocycles. The number of halogens is 1. The van der Waals surface area contributed by atoms with E-state index in [4.69, 9.17) is 9.29 Å². The molecule has 0 aliphatic carbocycles. The number of aromatic nitrogens is 2. The number of carbonyl (C=O) groups is 3. The number of hydrogen-bond donors (Lipinski definition) is 2. The molecular weight excluding hydrogens is 575 g/mol. The van der Waals surface area contributed by atoms with Gasteiger partial charge in [0.25, 0.3) is 11.8 Å². The van der Waals surface area contributed by atoms with E-state index in [2.05, 4.69) is 15.3 Å². The van der Waals surface area contributed by atoms with Crippen molar-refractivity contribution in [2.24, 2.45) is 5.92 Å². The number of pyridine rings is 2. The molecule has 2 N–H and O–H groups in total. The third-order valence-electron chi connectivity index (χ3n) is 6.95. The van der Waals surface area contributed by atoms with E-state index in [9.17, 15) is 23.0 Å². The molecule has 1 aliphatic heterocycles. The lowest BCUT2D eigenvalue weighted by Gasteiger charge is -2.31. The molecule has 1 aliphatic rings.